The second kappa shape index (κ2) is 13.9. The van der Waals surface area contributed by atoms with Gasteiger partial charge in [-0.3, -0.25) is 15.1 Å². The van der Waals surface area contributed by atoms with E-state index in [1.54, 1.807) is 31.2 Å². The molecular formula is C30H36ClN3O11. The number of phenols is 1. The van der Waals surface area contributed by atoms with E-state index in [4.69, 9.17) is 41.1 Å². The summed E-state index contributed by atoms with van der Waals surface area (Å²) in [5.74, 6) is -0.782. The molecule has 0 bridgehead atoms. The molecule has 244 valence electrons. The number of ether oxygens (including phenoxy) is 4. The van der Waals surface area contributed by atoms with Crippen molar-refractivity contribution in [1.29, 1.82) is 0 Å². The van der Waals surface area contributed by atoms with Crippen LogP contribution >= 0.6 is 11.6 Å². The highest BCUT2D eigenvalue weighted by Crippen LogP contribution is 2.34. The SMILES string of the molecule is CC(=Cc1ccc(O[C@@H]2OC(=C(C)NOCc3cccc(Cl)c3)[C@@H](O)[C@@H]2N)c(O)c1)C(=O)N[C@@H]1[C@H](O)[C@@H](O)[C@H]2OCO[C@H]2[C@@H]1O. The van der Waals surface area contributed by atoms with E-state index in [1.807, 2.05) is 6.07 Å². The van der Waals surface area contributed by atoms with Gasteiger partial charge in [0.2, 0.25) is 5.91 Å². The summed E-state index contributed by atoms with van der Waals surface area (Å²) in [4.78, 5) is 18.4. The van der Waals surface area contributed by atoms with E-state index >= 15 is 0 Å². The number of halogens is 1. The third-order valence-corrected chi connectivity index (χ3v) is 8.02. The molecule has 9 N–H and O–H groups in total. The molecule has 0 radical (unpaired) electrons. The number of fused-ring (bicyclic) bond motifs is 1. The second-order valence-corrected chi connectivity index (χ2v) is 11.5. The van der Waals surface area contributed by atoms with Gasteiger partial charge in [-0.25, -0.2) is 0 Å². The number of phenolic OH excluding ortho intramolecular Hbond substituents is 1. The molecule has 45 heavy (non-hydrogen) atoms. The van der Waals surface area contributed by atoms with Gasteiger partial charge in [0, 0.05) is 10.6 Å². The highest BCUT2D eigenvalue weighted by molar-refractivity contribution is 6.30. The predicted molar refractivity (Wildman–Crippen MR) is 158 cm³/mol. The van der Waals surface area contributed by atoms with Crippen LogP contribution in [0.3, 0.4) is 0 Å². The summed E-state index contributed by atoms with van der Waals surface area (Å²) in [7, 11) is 0. The van der Waals surface area contributed by atoms with Crippen LogP contribution in [0.4, 0.5) is 0 Å². The minimum atomic E-state index is -1.49. The number of hydrogen-bond acceptors (Lipinski definition) is 13. The number of aliphatic hydroxyl groups excluding tert-OH is 4. The van der Waals surface area contributed by atoms with Crippen LogP contribution < -0.4 is 21.3 Å². The van der Waals surface area contributed by atoms with E-state index in [1.165, 1.54) is 25.1 Å². The summed E-state index contributed by atoms with van der Waals surface area (Å²) in [6.45, 7) is 3.19. The smallest absolute Gasteiger partial charge is 0.258 e. The lowest BCUT2D eigenvalue weighted by molar-refractivity contribution is -0.155. The van der Waals surface area contributed by atoms with E-state index < -0.39 is 60.9 Å². The summed E-state index contributed by atoms with van der Waals surface area (Å²) >= 11 is 5.99. The summed E-state index contributed by atoms with van der Waals surface area (Å²) < 4.78 is 22.0. The summed E-state index contributed by atoms with van der Waals surface area (Å²) in [6, 6.07) is 9.31. The summed E-state index contributed by atoms with van der Waals surface area (Å²) in [5.41, 5.74) is 10.7. The molecule has 1 saturated carbocycles. The monoisotopic (exact) mass is 649 g/mol. The predicted octanol–water partition coefficient (Wildman–Crippen LogP) is 0.148. The van der Waals surface area contributed by atoms with Gasteiger partial charge in [0.05, 0.1) is 18.3 Å². The summed E-state index contributed by atoms with van der Waals surface area (Å²) in [6.07, 6.45) is -6.86. The molecule has 3 fully saturated rings. The maximum Gasteiger partial charge on any atom is 0.258 e. The average Bonchev–Trinajstić information content (AvgIpc) is 3.61. The van der Waals surface area contributed by atoms with Gasteiger partial charge >= 0.3 is 0 Å². The number of carbonyl (C=O) groups excluding carboxylic acids is 1. The number of amides is 1. The van der Waals surface area contributed by atoms with Gasteiger partial charge < -0.3 is 55.5 Å². The number of hydroxylamine groups is 1. The molecule has 2 aromatic carbocycles. The molecule has 9 atom stereocenters. The number of aromatic hydroxyl groups is 1. The Kier molecular flexibility index (Phi) is 10.2. The lowest BCUT2D eigenvalue weighted by atomic mass is 9.83. The maximum absolute atomic E-state index is 12.9. The molecule has 2 heterocycles. The average molecular weight is 650 g/mol. The highest BCUT2D eigenvalue weighted by Gasteiger charge is 2.53. The van der Waals surface area contributed by atoms with Crippen molar-refractivity contribution in [3.05, 3.63) is 75.6 Å². The van der Waals surface area contributed by atoms with Crippen molar-refractivity contribution in [2.45, 2.75) is 75.5 Å². The van der Waals surface area contributed by atoms with Crippen molar-refractivity contribution in [2.24, 2.45) is 5.73 Å². The molecule has 1 aliphatic carbocycles. The number of benzene rings is 2. The van der Waals surface area contributed by atoms with Gasteiger partial charge in [0.25, 0.3) is 6.29 Å². The molecule has 1 amide bonds. The van der Waals surface area contributed by atoms with E-state index in [2.05, 4.69) is 10.8 Å². The van der Waals surface area contributed by atoms with Gasteiger partial charge in [0.1, 0.15) is 49.5 Å². The van der Waals surface area contributed by atoms with Crippen LogP contribution in [-0.2, 0) is 30.4 Å². The van der Waals surface area contributed by atoms with E-state index in [0.717, 1.165) is 5.56 Å². The first-order valence-electron chi connectivity index (χ1n) is 14.1. The fourth-order valence-electron chi connectivity index (χ4n) is 5.30. The van der Waals surface area contributed by atoms with Crippen LogP contribution in [0.25, 0.3) is 6.08 Å². The lowest BCUT2D eigenvalue weighted by Gasteiger charge is -2.41. The first kappa shape index (κ1) is 32.9. The van der Waals surface area contributed by atoms with Gasteiger partial charge in [-0.2, -0.15) is 0 Å². The lowest BCUT2D eigenvalue weighted by Crippen LogP contribution is -2.67. The zero-order valence-electron chi connectivity index (χ0n) is 24.4. The molecule has 0 unspecified atom stereocenters. The number of rotatable bonds is 9. The van der Waals surface area contributed by atoms with Gasteiger partial charge in [0.15, 0.2) is 17.3 Å². The fourth-order valence-corrected chi connectivity index (χ4v) is 5.51. The van der Waals surface area contributed by atoms with E-state index in [0.29, 0.717) is 16.3 Å². The third-order valence-electron chi connectivity index (χ3n) is 7.78. The normalized spacial score (nSPS) is 32.4. The Morgan fingerprint density at radius 3 is 2.51 bits per heavy atom. The van der Waals surface area contributed by atoms with Gasteiger partial charge in [-0.15, -0.1) is 0 Å². The highest BCUT2D eigenvalue weighted by atomic mass is 35.5. The molecule has 5 rings (SSSR count). The molecule has 2 saturated heterocycles. The van der Waals surface area contributed by atoms with Gasteiger partial charge in [-0.05, 0) is 55.3 Å². The first-order valence-corrected chi connectivity index (χ1v) is 14.5. The quantitative estimate of drug-likeness (QED) is 0.134. The summed E-state index contributed by atoms with van der Waals surface area (Å²) in [5, 5.41) is 55.7. The third kappa shape index (κ3) is 7.19. The Bertz CT molecular complexity index is 1460. The van der Waals surface area contributed by atoms with Crippen molar-refractivity contribution >= 4 is 23.6 Å². The molecule has 2 aromatic rings. The minimum Gasteiger partial charge on any atom is -0.504 e. The van der Waals surface area contributed by atoms with Crippen molar-refractivity contribution < 1.29 is 54.1 Å². The van der Waals surface area contributed by atoms with E-state index in [9.17, 15) is 30.3 Å². The topological polar surface area (TPSA) is 214 Å². The van der Waals surface area contributed by atoms with Crippen molar-refractivity contribution in [3.63, 3.8) is 0 Å². The molecule has 3 aliphatic rings. The Morgan fingerprint density at radius 1 is 1.07 bits per heavy atom. The molecule has 15 heteroatoms. The number of nitrogens with two attached hydrogens (primary N) is 1. The Labute approximate surface area is 263 Å². The molecule has 0 aromatic heterocycles. The molecular weight excluding hydrogens is 614 g/mol. The Balaban J connectivity index is 1.18. The largest absolute Gasteiger partial charge is 0.504 e. The van der Waals surface area contributed by atoms with Crippen LogP contribution in [0.1, 0.15) is 25.0 Å². The molecule has 2 aliphatic heterocycles. The van der Waals surface area contributed by atoms with Crippen LogP contribution in [0.5, 0.6) is 11.5 Å². The first-order chi connectivity index (χ1) is 21.4. The van der Waals surface area contributed by atoms with Crippen LogP contribution in [0, 0.1) is 0 Å². The number of hydrogen-bond donors (Lipinski definition) is 8. The maximum atomic E-state index is 12.9. The molecule has 0 spiro atoms. The fraction of sp³-hybridized carbons (Fsp3) is 0.433. The number of nitrogens with one attached hydrogen (secondary N) is 2. The molecule has 14 nitrogen and oxygen atoms in total. The van der Waals surface area contributed by atoms with Crippen molar-refractivity contribution in [3.8, 4) is 11.5 Å². The Morgan fingerprint density at radius 2 is 1.80 bits per heavy atom. The van der Waals surface area contributed by atoms with Crippen LogP contribution in [0.15, 0.2) is 59.5 Å². The standard InChI is InChI=1S/C30H36ClN3O11/c1-13(29(40)33-21-23(37)25(39)28-27(24(21)38)41-12-42-28)8-15-6-7-19(18(35)10-15)44-30-20(32)22(36)26(45-30)14(2)34-43-11-16-4-3-5-17(31)9-16/h3-10,20-25,27-28,30,34-39H,11-12,32H2,1-2H3,(H,33,40)/t20-,21+,22-,23-,24+,25+,27-,28+,30+/m0/s1. The van der Waals surface area contributed by atoms with Crippen molar-refractivity contribution in [2.75, 3.05) is 6.79 Å². The number of allylic oxidation sites excluding steroid dienone is 1. The van der Waals surface area contributed by atoms with Crippen LogP contribution in [0.2, 0.25) is 5.02 Å². The zero-order chi connectivity index (χ0) is 32.4. The number of carbonyl (C=O) groups is 1. The second-order valence-electron chi connectivity index (χ2n) is 11.0. The van der Waals surface area contributed by atoms with Crippen molar-refractivity contribution in [1.82, 2.24) is 10.8 Å². The van der Waals surface area contributed by atoms with E-state index in [-0.39, 0.29) is 36.2 Å². The Hall–Kier alpha value is -3.44. The zero-order valence-corrected chi connectivity index (χ0v) is 25.1. The minimum absolute atomic E-state index is 0.0155. The van der Waals surface area contributed by atoms with Gasteiger partial charge in [-0.1, -0.05) is 29.8 Å². The van der Waals surface area contributed by atoms with Crippen LogP contribution in [-0.4, -0.2) is 93.2 Å². The number of aliphatic hydroxyl groups is 4.